The van der Waals surface area contributed by atoms with Crippen LogP contribution in [0.1, 0.15) is 12.5 Å². The van der Waals surface area contributed by atoms with Crippen molar-refractivity contribution in [2.45, 2.75) is 19.4 Å². The van der Waals surface area contributed by atoms with E-state index in [-0.39, 0.29) is 0 Å². The SMILES string of the molecule is CCOC(=O)[C@@H](N)Cc1ccc(OC)c(OC)c1. The second-order valence-corrected chi connectivity index (χ2v) is 3.75. The number of hydrogen-bond acceptors (Lipinski definition) is 5. The molecule has 0 saturated carbocycles. The average molecular weight is 253 g/mol. The molecule has 18 heavy (non-hydrogen) atoms. The maximum atomic E-state index is 11.4. The van der Waals surface area contributed by atoms with Crippen molar-refractivity contribution in [1.29, 1.82) is 0 Å². The van der Waals surface area contributed by atoms with Gasteiger partial charge in [-0.05, 0) is 31.0 Å². The molecule has 0 radical (unpaired) electrons. The topological polar surface area (TPSA) is 70.8 Å². The zero-order chi connectivity index (χ0) is 13.5. The molecule has 0 aliphatic heterocycles. The molecule has 1 rings (SSSR count). The smallest absolute Gasteiger partial charge is 0.323 e. The Morgan fingerprint density at radius 3 is 2.50 bits per heavy atom. The zero-order valence-electron chi connectivity index (χ0n) is 10.9. The van der Waals surface area contributed by atoms with Crippen molar-refractivity contribution in [3.05, 3.63) is 23.8 Å². The van der Waals surface area contributed by atoms with E-state index in [2.05, 4.69) is 0 Å². The molecule has 0 unspecified atom stereocenters. The third-order valence-electron chi connectivity index (χ3n) is 2.49. The molecule has 0 heterocycles. The fraction of sp³-hybridized carbons (Fsp3) is 0.462. The van der Waals surface area contributed by atoms with E-state index in [1.807, 2.05) is 6.07 Å². The van der Waals surface area contributed by atoms with E-state index in [0.717, 1.165) is 5.56 Å². The molecule has 0 amide bonds. The lowest BCUT2D eigenvalue weighted by Crippen LogP contribution is -2.34. The zero-order valence-corrected chi connectivity index (χ0v) is 10.9. The van der Waals surface area contributed by atoms with E-state index >= 15 is 0 Å². The minimum Gasteiger partial charge on any atom is -0.493 e. The predicted octanol–water partition coefficient (Wildman–Crippen LogP) is 1.14. The first-order valence-corrected chi connectivity index (χ1v) is 5.75. The molecule has 1 aromatic rings. The third kappa shape index (κ3) is 3.63. The fourth-order valence-corrected chi connectivity index (χ4v) is 1.59. The van der Waals surface area contributed by atoms with Gasteiger partial charge >= 0.3 is 5.97 Å². The molecule has 0 aliphatic rings. The van der Waals surface area contributed by atoms with Gasteiger partial charge in [0.2, 0.25) is 0 Å². The minimum absolute atomic E-state index is 0.332. The highest BCUT2D eigenvalue weighted by Gasteiger charge is 2.16. The summed E-state index contributed by atoms with van der Waals surface area (Å²) in [6.45, 7) is 2.08. The Morgan fingerprint density at radius 2 is 1.94 bits per heavy atom. The maximum Gasteiger partial charge on any atom is 0.323 e. The van der Waals surface area contributed by atoms with Gasteiger partial charge < -0.3 is 19.9 Å². The van der Waals surface area contributed by atoms with E-state index in [0.29, 0.717) is 24.5 Å². The van der Waals surface area contributed by atoms with Crippen LogP contribution in [0.5, 0.6) is 11.5 Å². The van der Waals surface area contributed by atoms with Crippen molar-refractivity contribution in [3.63, 3.8) is 0 Å². The van der Waals surface area contributed by atoms with Gasteiger partial charge in [0.25, 0.3) is 0 Å². The Kier molecular flexibility index (Phi) is 5.45. The summed E-state index contributed by atoms with van der Waals surface area (Å²) in [5.41, 5.74) is 6.65. The summed E-state index contributed by atoms with van der Waals surface area (Å²) < 4.78 is 15.2. The number of carbonyl (C=O) groups is 1. The van der Waals surface area contributed by atoms with Crippen LogP contribution in [0.2, 0.25) is 0 Å². The van der Waals surface area contributed by atoms with Crippen LogP contribution in [0, 0.1) is 0 Å². The van der Waals surface area contributed by atoms with Crippen molar-refractivity contribution < 1.29 is 19.0 Å². The van der Waals surface area contributed by atoms with Gasteiger partial charge in [-0.3, -0.25) is 4.79 Å². The lowest BCUT2D eigenvalue weighted by Gasteiger charge is -2.13. The summed E-state index contributed by atoms with van der Waals surface area (Å²) in [6.07, 6.45) is 0.402. The largest absolute Gasteiger partial charge is 0.493 e. The number of hydrogen-bond donors (Lipinski definition) is 1. The number of carbonyl (C=O) groups excluding carboxylic acids is 1. The predicted molar refractivity (Wildman–Crippen MR) is 67.9 cm³/mol. The fourth-order valence-electron chi connectivity index (χ4n) is 1.59. The first-order valence-electron chi connectivity index (χ1n) is 5.75. The average Bonchev–Trinajstić information content (AvgIpc) is 2.38. The molecule has 0 bridgehead atoms. The lowest BCUT2D eigenvalue weighted by molar-refractivity contribution is -0.144. The van der Waals surface area contributed by atoms with Crippen molar-refractivity contribution in [1.82, 2.24) is 0 Å². The van der Waals surface area contributed by atoms with Crippen LogP contribution >= 0.6 is 0 Å². The van der Waals surface area contributed by atoms with Crippen LogP contribution in [0.3, 0.4) is 0 Å². The highest BCUT2D eigenvalue weighted by atomic mass is 16.5. The first kappa shape index (κ1) is 14.3. The lowest BCUT2D eigenvalue weighted by atomic mass is 10.1. The molecule has 0 aromatic heterocycles. The van der Waals surface area contributed by atoms with E-state index < -0.39 is 12.0 Å². The van der Waals surface area contributed by atoms with Gasteiger partial charge in [0, 0.05) is 0 Å². The number of ether oxygens (including phenoxy) is 3. The second-order valence-electron chi connectivity index (χ2n) is 3.75. The Balaban J connectivity index is 2.76. The summed E-state index contributed by atoms with van der Waals surface area (Å²) in [4.78, 5) is 11.4. The summed E-state index contributed by atoms with van der Waals surface area (Å²) in [6, 6.07) is 4.77. The standard InChI is InChI=1S/C13H19NO4/c1-4-18-13(15)10(14)7-9-5-6-11(16-2)12(8-9)17-3/h5-6,8,10H,4,7,14H2,1-3H3/t10-/m0/s1. The molecular weight excluding hydrogens is 234 g/mol. The summed E-state index contributed by atoms with van der Waals surface area (Å²) in [5, 5.41) is 0. The third-order valence-corrected chi connectivity index (χ3v) is 2.49. The number of benzene rings is 1. The van der Waals surface area contributed by atoms with Gasteiger partial charge in [0.05, 0.1) is 20.8 Å². The Labute approximate surface area is 107 Å². The summed E-state index contributed by atoms with van der Waals surface area (Å²) in [7, 11) is 3.13. The second kappa shape index (κ2) is 6.86. The van der Waals surface area contributed by atoms with Crippen LogP contribution in [-0.2, 0) is 16.0 Å². The molecule has 5 heteroatoms. The summed E-state index contributed by atoms with van der Waals surface area (Å²) in [5.74, 6) is 0.865. The van der Waals surface area contributed by atoms with E-state index in [1.165, 1.54) is 0 Å². The molecule has 0 spiro atoms. The van der Waals surface area contributed by atoms with Crippen molar-refractivity contribution in [2.24, 2.45) is 5.73 Å². The maximum absolute atomic E-state index is 11.4. The molecule has 1 aromatic carbocycles. The summed E-state index contributed by atoms with van der Waals surface area (Å²) >= 11 is 0. The monoisotopic (exact) mass is 253 g/mol. The van der Waals surface area contributed by atoms with Gasteiger partial charge in [-0.15, -0.1) is 0 Å². The van der Waals surface area contributed by atoms with Crippen LogP contribution < -0.4 is 15.2 Å². The van der Waals surface area contributed by atoms with Gasteiger partial charge in [-0.1, -0.05) is 6.07 Å². The number of rotatable bonds is 6. The molecule has 0 aliphatic carbocycles. The Hall–Kier alpha value is -1.75. The molecule has 0 fully saturated rings. The highest BCUT2D eigenvalue weighted by molar-refractivity contribution is 5.75. The Morgan fingerprint density at radius 1 is 1.28 bits per heavy atom. The van der Waals surface area contributed by atoms with E-state index in [9.17, 15) is 4.79 Å². The number of esters is 1. The highest BCUT2D eigenvalue weighted by Crippen LogP contribution is 2.27. The Bertz CT molecular complexity index is 406. The normalized spacial score (nSPS) is 11.8. The molecular formula is C13H19NO4. The molecule has 100 valence electrons. The van der Waals surface area contributed by atoms with Crippen LogP contribution in [-0.4, -0.2) is 32.8 Å². The van der Waals surface area contributed by atoms with E-state index in [4.69, 9.17) is 19.9 Å². The van der Waals surface area contributed by atoms with E-state index in [1.54, 1.807) is 33.3 Å². The van der Waals surface area contributed by atoms with Crippen molar-refractivity contribution in [3.8, 4) is 11.5 Å². The van der Waals surface area contributed by atoms with Crippen LogP contribution in [0.25, 0.3) is 0 Å². The molecule has 1 atom stereocenters. The molecule has 5 nitrogen and oxygen atoms in total. The quantitative estimate of drug-likeness (QED) is 0.770. The van der Waals surface area contributed by atoms with Gasteiger partial charge in [-0.2, -0.15) is 0 Å². The minimum atomic E-state index is -0.664. The van der Waals surface area contributed by atoms with Gasteiger partial charge in [0.15, 0.2) is 11.5 Å². The first-order chi connectivity index (χ1) is 8.62. The van der Waals surface area contributed by atoms with Crippen molar-refractivity contribution >= 4 is 5.97 Å². The van der Waals surface area contributed by atoms with Crippen LogP contribution in [0.15, 0.2) is 18.2 Å². The molecule has 0 saturated heterocycles. The molecule has 2 N–H and O–H groups in total. The van der Waals surface area contributed by atoms with Gasteiger partial charge in [-0.25, -0.2) is 0 Å². The van der Waals surface area contributed by atoms with Crippen LogP contribution in [0.4, 0.5) is 0 Å². The van der Waals surface area contributed by atoms with Crippen molar-refractivity contribution in [2.75, 3.05) is 20.8 Å². The number of nitrogens with two attached hydrogens (primary N) is 1. The van der Waals surface area contributed by atoms with Gasteiger partial charge in [0.1, 0.15) is 6.04 Å². The number of methoxy groups -OCH3 is 2.